The third-order valence-corrected chi connectivity index (χ3v) is 8.81. The monoisotopic (exact) mass is 448 g/mol. The van der Waals surface area contributed by atoms with E-state index in [1.807, 2.05) is 20.8 Å². The van der Waals surface area contributed by atoms with Crippen LogP contribution < -0.4 is 0 Å². The lowest BCUT2D eigenvalue weighted by Gasteiger charge is -2.59. The molecule has 0 spiro atoms. The van der Waals surface area contributed by atoms with E-state index in [4.69, 9.17) is 9.47 Å². The summed E-state index contributed by atoms with van der Waals surface area (Å²) < 4.78 is 16.1. The van der Waals surface area contributed by atoms with E-state index in [2.05, 4.69) is 11.7 Å². The van der Waals surface area contributed by atoms with Gasteiger partial charge in [-0.15, -0.1) is 0 Å². The summed E-state index contributed by atoms with van der Waals surface area (Å²) in [6, 6.07) is 0. The fraction of sp³-hybridized carbons (Fsp3) is 0.840. The minimum atomic E-state index is -1.21. The Balaban J connectivity index is 1.43. The molecule has 0 amide bonds. The molecule has 4 saturated carbocycles. The second-order valence-electron chi connectivity index (χ2n) is 11.7. The van der Waals surface area contributed by atoms with Crippen LogP contribution in [0.5, 0.6) is 0 Å². The van der Waals surface area contributed by atoms with Gasteiger partial charge in [-0.1, -0.05) is 6.92 Å². The molecule has 0 aromatic carbocycles. The standard InChI is InChI=1S/C25H36O7/c1-6-24(4,22(29)30-18-12-19(26)31-20(18)27)13-23(2,3)21(28)32-25(5)16-8-14-7-15(10-16)11-17(25)9-14/h14-18H,6-13H2,1-5H3. The van der Waals surface area contributed by atoms with E-state index >= 15 is 0 Å². The van der Waals surface area contributed by atoms with Gasteiger partial charge in [0.05, 0.1) is 17.3 Å². The number of ether oxygens (including phenoxy) is 3. The number of hydrogen-bond donors (Lipinski definition) is 0. The lowest BCUT2D eigenvalue weighted by Crippen LogP contribution is -2.59. The van der Waals surface area contributed by atoms with Gasteiger partial charge in [0.1, 0.15) is 5.60 Å². The lowest BCUT2D eigenvalue weighted by atomic mass is 9.50. The summed E-state index contributed by atoms with van der Waals surface area (Å²) >= 11 is 0. The highest BCUT2D eigenvalue weighted by molar-refractivity contribution is 5.97. The summed E-state index contributed by atoms with van der Waals surface area (Å²) in [6.45, 7) is 9.31. The van der Waals surface area contributed by atoms with E-state index < -0.39 is 40.4 Å². The first kappa shape index (κ1) is 23.2. The first-order valence-corrected chi connectivity index (χ1v) is 12.1. The van der Waals surface area contributed by atoms with Crippen molar-refractivity contribution in [2.45, 2.75) is 97.7 Å². The second-order valence-corrected chi connectivity index (χ2v) is 11.7. The zero-order valence-corrected chi connectivity index (χ0v) is 19.9. The van der Waals surface area contributed by atoms with Gasteiger partial charge >= 0.3 is 23.9 Å². The number of hydrogen-bond acceptors (Lipinski definition) is 7. The van der Waals surface area contributed by atoms with E-state index in [9.17, 15) is 19.2 Å². The van der Waals surface area contributed by atoms with Crippen molar-refractivity contribution in [2.24, 2.45) is 34.5 Å². The van der Waals surface area contributed by atoms with Crippen molar-refractivity contribution < 1.29 is 33.4 Å². The number of rotatable bonds is 7. The largest absolute Gasteiger partial charge is 0.458 e. The Morgan fingerprint density at radius 2 is 1.56 bits per heavy atom. The normalized spacial score (nSPS) is 37.7. The first-order valence-electron chi connectivity index (χ1n) is 12.1. The molecule has 32 heavy (non-hydrogen) atoms. The smallest absolute Gasteiger partial charge is 0.355 e. The molecule has 178 valence electrons. The second kappa shape index (κ2) is 7.84. The maximum absolute atomic E-state index is 13.4. The van der Waals surface area contributed by atoms with Gasteiger partial charge in [0.2, 0.25) is 6.10 Å². The van der Waals surface area contributed by atoms with Crippen molar-refractivity contribution in [3.05, 3.63) is 0 Å². The molecule has 5 fully saturated rings. The van der Waals surface area contributed by atoms with Gasteiger partial charge in [-0.3, -0.25) is 14.4 Å². The molecule has 0 N–H and O–H groups in total. The van der Waals surface area contributed by atoms with Crippen LogP contribution in [0.3, 0.4) is 0 Å². The minimum Gasteiger partial charge on any atom is -0.458 e. The minimum absolute atomic E-state index is 0.223. The zero-order chi connectivity index (χ0) is 23.5. The summed E-state index contributed by atoms with van der Waals surface area (Å²) in [5, 5.41) is 0. The number of carbonyl (C=O) groups excluding carboxylic acids is 4. The van der Waals surface area contributed by atoms with Crippen LogP contribution in [0.1, 0.15) is 86.0 Å². The van der Waals surface area contributed by atoms with E-state index in [0.717, 1.165) is 37.5 Å². The number of esters is 4. The molecule has 2 atom stereocenters. The molecule has 5 rings (SSSR count). The van der Waals surface area contributed by atoms with Crippen molar-refractivity contribution in [2.75, 3.05) is 0 Å². The molecule has 0 radical (unpaired) electrons. The fourth-order valence-electron chi connectivity index (χ4n) is 6.83. The van der Waals surface area contributed by atoms with E-state index in [0.29, 0.717) is 18.3 Å². The van der Waals surface area contributed by atoms with Gasteiger partial charge in [0.25, 0.3) is 0 Å². The van der Waals surface area contributed by atoms with Gasteiger partial charge in [0, 0.05) is 0 Å². The van der Waals surface area contributed by atoms with Crippen LogP contribution in [0, 0.1) is 34.5 Å². The van der Waals surface area contributed by atoms with Crippen LogP contribution >= 0.6 is 0 Å². The third-order valence-electron chi connectivity index (χ3n) is 8.81. The van der Waals surface area contributed by atoms with Crippen LogP contribution in [-0.4, -0.2) is 35.6 Å². The van der Waals surface area contributed by atoms with Crippen LogP contribution in [0.25, 0.3) is 0 Å². The molecule has 1 saturated heterocycles. The number of cyclic esters (lactones) is 2. The molecule has 1 heterocycles. The Bertz CT molecular complexity index is 800. The Kier molecular flexibility index (Phi) is 5.70. The summed E-state index contributed by atoms with van der Waals surface area (Å²) in [5.74, 6) is -0.00375. The summed E-state index contributed by atoms with van der Waals surface area (Å²) in [5.41, 5.74) is -2.34. The molecule has 4 bridgehead atoms. The average Bonchev–Trinajstić information content (AvgIpc) is 3.02. The highest BCUT2D eigenvalue weighted by Crippen LogP contribution is 2.60. The maximum Gasteiger partial charge on any atom is 0.355 e. The molecular weight excluding hydrogens is 412 g/mol. The third kappa shape index (κ3) is 3.96. The van der Waals surface area contributed by atoms with Crippen LogP contribution in [0.15, 0.2) is 0 Å². The van der Waals surface area contributed by atoms with E-state index in [1.165, 1.54) is 6.42 Å². The Hall–Kier alpha value is -1.92. The molecule has 0 aromatic heterocycles. The van der Waals surface area contributed by atoms with Gasteiger partial charge < -0.3 is 14.2 Å². The Morgan fingerprint density at radius 1 is 1.00 bits per heavy atom. The maximum atomic E-state index is 13.4. The van der Waals surface area contributed by atoms with Crippen molar-refractivity contribution in [1.29, 1.82) is 0 Å². The Labute approximate surface area is 189 Å². The molecule has 0 aromatic rings. The molecule has 7 heteroatoms. The van der Waals surface area contributed by atoms with Crippen molar-refractivity contribution in [1.82, 2.24) is 0 Å². The summed E-state index contributed by atoms with van der Waals surface area (Å²) in [4.78, 5) is 49.4. The van der Waals surface area contributed by atoms with Gasteiger partial charge in [-0.2, -0.15) is 0 Å². The molecular formula is C25H36O7. The van der Waals surface area contributed by atoms with E-state index in [1.54, 1.807) is 6.92 Å². The zero-order valence-electron chi connectivity index (χ0n) is 19.9. The lowest BCUT2D eigenvalue weighted by molar-refractivity contribution is -0.212. The van der Waals surface area contributed by atoms with Gasteiger partial charge in [-0.25, -0.2) is 4.79 Å². The molecule has 1 aliphatic heterocycles. The first-order chi connectivity index (χ1) is 14.9. The summed E-state index contributed by atoms with van der Waals surface area (Å²) in [6.07, 6.45) is 5.09. The highest BCUT2D eigenvalue weighted by Gasteiger charge is 2.58. The van der Waals surface area contributed by atoms with Gasteiger partial charge in [0.15, 0.2) is 0 Å². The quantitative estimate of drug-likeness (QED) is 0.330. The van der Waals surface area contributed by atoms with Crippen LogP contribution in [-0.2, 0) is 33.4 Å². The predicted octanol–water partition coefficient (Wildman–Crippen LogP) is 3.96. The fourth-order valence-corrected chi connectivity index (χ4v) is 6.83. The van der Waals surface area contributed by atoms with Crippen molar-refractivity contribution in [3.63, 3.8) is 0 Å². The SMILES string of the molecule is CCC(C)(CC(C)(C)C(=O)OC1(C)C2CC3CC(C2)CC1C3)C(=O)OC1CC(=O)OC1=O. The Morgan fingerprint density at radius 3 is 2.03 bits per heavy atom. The van der Waals surface area contributed by atoms with Crippen LogP contribution in [0.2, 0.25) is 0 Å². The number of carbonyl (C=O) groups is 4. The topological polar surface area (TPSA) is 96.0 Å². The van der Waals surface area contributed by atoms with E-state index in [-0.39, 0.29) is 18.8 Å². The highest BCUT2D eigenvalue weighted by atomic mass is 16.6. The average molecular weight is 449 g/mol. The molecule has 5 aliphatic rings. The predicted molar refractivity (Wildman–Crippen MR) is 114 cm³/mol. The van der Waals surface area contributed by atoms with Gasteiger partial charge in [-0.05, 0) is 96.3 Å². The molecule has 4 aliphatic carbocycles. The van der Waals surface area contributed by atoms with Crippen molar-refractivity contribution in [3.8, 4) is 0 Å². The van der Waals surface area contributed by atoms with Crippen molar-refractivity contribution >= 4 is 23.9 Å². The molecule has 7 nitrogen and oxygen atoms in total. The van der Waals surface area contributed by atoms with Crippen LogP contribution in [0.4, 0.5) is 0 Å². The summed E-state index contributed by atoms with van der Waals surface area (Å²) in [7, 11) is 0. The molecule has 2 unspecified atom stereocenters.